The summed E-state index contributed by atoms with van der Waals surface area (Å²) < 4.78 is 2.70. The maximum atomic E-state index is 11.9. The Labute approximate surface area is 125 Å². The Bertz CT molecular complexity index is 745. The van der Waals surface area contributed by atoms with Crippen LogP contribution in [0, 0.1) is 0 Å². The van der Waals surface area contributed by atoms with Crippen LogP contribution in [0.25, 0.3) is 10.1 Å². The quantitative estimate of drug-likeness (QED) is 0.775. The van der Waals surface area contributed by atoms with Crippen molar-refractivity contribution in [2.24, 2.45) is 7.05 Å². The van der Waals surface area contributed by atoms with Crippen molar-refractivity contribution < 1.29 is 9.90 Å². The Kier molecular flexibility index (Phi) is 3.72. The largest absolute Gasteiger partial charge is 0.386 e. The van der Waals surface area contributed by atoms with Crippen molar-refractivity contribution in [3.8, 4) is 0 Å². The zero-order valence-electron chi connectivity index (χ0n) is 11.5. The molecule has 0 aliphatic heterocycles. The lowest BCUT2D eigenvalue weighted by Crippen LogP contribution is -2.27. The summed E-state index contributed by atoms with van der Waals surface area (Å²) in [5, 5.41) is 18.0. The molecule has 2 aromatic heterocycles. The van der Waals surface area contributed by atoms with E-state index < -0.39 is 6.10 Å². The monoisotopic (exact) mass is 301 g/mol. The van der Waals surface area contributed by atoms with Gasteiger partial charge in [0.25, 0.3) is 5.91 Å². The Balaban J connectivity index is 1.66. The summed E-state index contributed by atoms with van der Waals surface area (Å²) in [5.74, 6) is -0.233. The summed E-state index contributed by atoms with van der Waals surface area (Å²) in [6.07, 6.45) is 2.44. The smallest absolute Gasteiger partial charge is 0.254 e. The maximum absolute atomic E-state index is 11.9. The van der Waals surface area contributed by atoms with E-state index in [2.05, 4.69) is 10.4 Å². The highest BCUT2D eigenvalue weighted by molar-refractivity contribution is 7.19. The number of thiophene rings is 1. The lowest BCUT2D eigenvalue weighted by atomic mass is 10.2. The van der Waals surface area contributed by atoms with Crippen LogP contribution in [0.1, 0.15) is 21.3 Å². The van der Waals surface area contributed by atoms with Gasteiger partial charge in [-0.05, 0) is 17.5 Å². The number of aliphatic hydroxyl groups is 1. The number of hydrogen-bond donors (Lipinski definition) is 2. The van der Waals surface area contributed by atoms with E-state index >= 15 is 0 Å². The van der Waals surface area contributed by atoms with Crippen molar-refractivity contribution in [1.29, 1.82) is 0 Å². The fourth-order valence-corrected chi connectivity index (χ4v) is 3.15. The van der Waals surface area contributed by atoms with Crippen molar-refractivity contribution in [3.63, 3.8) is 0 Å². The Morgan fingerprint density at radius 1 is 1.48 bits per heavy atom. The molecule has 0 aliphatic carbocycles. The molecule has 1 aromatic carbocycles. The number of hydrogen-bond acceptors (Lipinski definition) is 4. The molecule has 2 N–H and O–H groups in total. The second-order valence-electron chi connectivity index (χ2n) is 4.82. The second kappa shape index (κ2) is 5.67. The van der Waals surface area contributed by atoms with Gasteiger partial charge in [0, 0.05) is 29.4 Å². The molecule has 0 saturated heterocycles. The molecule has 0 radical (unpaired) electrons. The number of nitrogens with zero attached hydrogens (tertiary/aromatic N) is 2. The standard InChI is InChI=1S/C15H15N3O2S/c1-18-9-11(7-17-18)15(20)16-8-12(19)14-6-10-4-2-3-5-13(10)21-14/h2-7,9,12,19H,8H2,1H3,(H,16,20)/t12-/m1/s1. The molecule has 6 heteroatoms. The van der Waals surface area contributed by atoms with Crippen molar-refractivity contribution in [3.05, 3.63) is 53.2 Å². The molecule has 21 heavy (non-hydrogen) atoms. The van der Waals surface area contributed by atoms with Crippen molar-refractivity contribution in [2.75, 3.05) is 6.54 Å². The van der Waals surface area contributed by atoms with E-state index in [0.717, 1.165) is 15.0 Å². The van der Waals surface area contributed by atoms with E-state index in [1.165, 1.54) is 17.5 Å². The third kappa shape index (κ3) is 2.96. The third-order valence-corrected chi connectivity index (χ3v) is 4.41. The highest BCUT2D eigenvalue weighted by atomic mass is 32.1. The minimum atomic E-state index is -0.706. The number of fused-ring (bicyclic) bond motifs is 1. The first kappa shape index (κ1) is 13.8. The summed E-state index contributed by atoms with van der Waals surface area (Å²) in [6.45, 7) is 0.181. The number of rotatable bonds is 4. The summed E-state index contributed by atoms with van der Waals surface area (Å²) in [4.78, 5) is 12.7. The molecular weight excluding hydrogens is 286 g/mol. The van der Waals surface area contributed by atoms with E-state index in [1.807, 2.05) is 30.3 Å². The molecule has 2 heterocycles. The highest BCUT2D eigenvalue weighted by Crippen LogP contribution is 2.29. The van der Waals surface area contributed by atoms with Crippen LogP contribution in [0.3, 0.4) is 0 Å². The average Bonchev–Trinajstić information content (AvgIpc) is 3.10. The topological polar surface area (TPSA) is 67.2 Å². The molecule has 3 aromatic rings. The molecule has 3 rings (SSSR count). The van der Waals surface area contributed by atoms with Gasteiger partial charge in [0.2, 0.25) is 0 Å². The van der Waals surface area contributed by atoms with Gasteiger partial charge >= 0.3 is 0 Å². The number of benzene rings is 1. The normalized spacial score (nSPS) is 12.5. The van der Waals surface area contributed by atoms with Crippen LogP contribution in [-0.4, -0.2) is 27.3 Å². The SMILES string of the molecule is Cn1cc(C(=O)NC[C@@H](O)c2cc3ccccc3s2)cn1. The van der Waals surface area contributed by atoms with Crippen molar-refractivity contribution in [2.45, 2.75) is 6.10 Å². The number of aryl methyl sites for hydroxylation is 1. The molecular formula is C15H15N3O2S. The van der Waals surface area contributed by atoms with E-state index in [-0.39, 0.29) is 12.5 Å². The van der Waals surface area contributed by atoms with E-state index in [4.69, 9.17) is 0 Å². The predicted octanol–water partition coefficient (Wildman–Crippen LogP) is 2.10. The summed E-state index contributed by atoms with van der Waals surface area (Å²) in [5.41, 5.74) is 0.487. The molecule has 0 saturated carbocycles. The van der Waals surface area contributed by atoms with Crippen molar-refractivity contribution in [1.82, 2.24) is 15.1 Å². The number of carbonyl (C=O) groups is 1. The molecule has 0 spiro atoms. The Hall–Kier alpha value is -2.18. The van der Waals surface area contributed by atoms with Gasteiger partial charge in [-0.1, -0.05) is 18.2 Å². The number of aliphatic hydroxyl groups excluding tert-OH is 1. The van der Waals surface area contributed by atoms with Gasteiger partial charge < -0.3 is 10.4 Å². The molecule has 1 amide bonds. The van der Waals surface area contributed by atoms with Crippen LogP contribution in [-0.2, 0) is 7.05 Å². The van der Waals surface area contributed by atoms with Crippen LogP contribution >= 0.6 is 11.3 Å². The van der Waals surface area contributed by atoms with Gasteiger partial charge in [0.1, 0.15) is 6.10 Å². The summed E-state index contributed by atoms with van der Waals surface area (Å²) in [7, 11) is 1.75. The number of carbonyl (C=O) groups excluding carboxylic acids is 1. The van der Waals surface area contributed by atoms with E-state index in [0.29, 0.717) is 5.56 Å². The van der Waals surface area contributed by atoms with Gasteiger partial charge in [0.05, 0.1) is 11.8 Å². The lowest BCUT2D eigenvalue weighted by molar-refractivity contribution is 0.0918. The molecule has 108 valence electrons. The fraction of sp³-hybridized carbons (Fsp3) is 0.200. The first-order valence-electron chi connectivity index (χ1n) is 6.57. The first-order chi connectivity index (χ1) is 10.1. The van der Waals surface area contributed by atoms with Crippen molar-refractivity contribution >= 4 is 27.3 Å². The van der Waals surface area contributed by atoms with Gasteiger partial charge in [-0.25, -0.2) is 0 Å². The van der Waals surface area contributed by atoms with Crippen LogP contribution in [0.15, 0.2) is 42.7 Å². The molecule has 0 unspecified atom stereocenters. The van der Waals surface area contributed by atoms with Gasteiger partial charge in [0.15, 0.2) is 0 Å². The molecule has 5 nitrogen and oxygen atoms in total. The molecule has 1 atom stereocenters. The molecule has 0 aliphatic rings. The highest BCUT2D eigenvalue weighted by Gasteiger charge is 2.14. The minimum Gasteiger partial charge on any atom is -0.386 e. The first-order valence-corrected chi connectivity index (χ1v) is 7.38. The third-order valence-electron chi connectivity index (χ3n) is 3.20. The van der Waals surface area contributed by atoms with Gasteiger partial charge in [-0.15, -0.1) is 11.3 Å². The zero-order valence-corrected chi connectivity index (χ0v) is 12.3. The summed E-state index contributed by atoms with van der Waals surface area (Å²) >= 11 is 1.54. The van der Waals surface area contributed by atoms with Crippen LogP contribution in [0.2, 0.25) is 0 Å². The number of nitrogens with one attached hydrogen (secondary N) is 1. The minimum absolute atomic E-state index is 0.181. The van der Waals surface area contributed by atoms with Crippen LogP contribution in [0.5, 0.6) is 0 Å². The van der Waals surface area contributed by atoms with E-state index in [9.17, 15) is 9.90 Å². The number of amides is 1. The van der Waals surface area contributed by atoms with Crippen LogP contribution in [0.4, 0.5) is 0 Å². The Morgan fingerprint density at radius 2 is 2.29 bits per heavy atom. The van der Waals surface area contributed by atoms with Gasteiger partial charge in [-0.3, -0.25) is 9.48 Å². The predicted molar refractivity (Wildman–Crippen MR) is 82.3 cm³/mol. The number of aromatic nitrogens is 2. The second-order valence-corrected chi connectivity index (χ2v) is 5.93. The fourth-order valence-electron chi connectivity index (χ4n) is 2.10. The lowest BCUT2D eigenvalue weighted by Gasteiger charge is -2.09. The zero-order chi connectivity index (χ0) is 14.8. The Morgan fingerprint density at radius 3 is 3.00 bits per heavy atom. The van der Waals surface area contributed by atoms with E-state index in [1.54, 1.807) is 17.9 Å². The molecule has 0 fully saturated rings. The molecule has 0 bridgehead atoms. The average molecular weight is 301 g/mol. The van der Waals surface area contributed by atoms with Crippen LogP contribution < -0.4 is 5.32 Å². The maximum Gasteiger partial charge on any atom is 0.254 e. The summed E-state index contributed by atoms with van der Waals surface area (Å²) in [6, 6.07) is 9.93. The van der Waals surface area contributed by atoms with Gasteiger partial charge in [-0.2, -0.15) is 5.10 Å².